The van der Waals surface area contributed by atoms with E-state index in [1.54, 1.807) is 0 Å². The van der Waals surface area contributed by atoms with Gasteiger partial charge in [-0.25, -0.2) is 4.79 Å². The number of aryl methyl sites for hydroxylation is 2. The Morgan fingerprint density at radius 1 is 1.50 bits per heavy atom. The number of esters is 1. The minimum Gasteiger partial charge on any atom is -0.462 e. The molecule has 0 spiro atoms. The number of ether oxygens (including phenoxy) is 1. The van der Waals surface area contributed by atoms with Crippen LogP contribution in [0.1, 0.15) is 53.0 Å². The van der Waals surface area contributed by atoms with Crippen LogP contribution in [0.4, 0.5) is 0 Å². The number of hydrogen-bond acceptors (Lipinski definition) is 3. The summed E-state index contributed by atoms with van der Waals surface area (Å²) in [7, 11) is 0. The van der Waals surface area contributed by atoms with Crippen molar-refractivity contribution in [2.45, 2.75) is 39.5 Å². The zero-order valence-electron chi connectivity index (χ0n) is 10.0. The van der Waals surface area contributed by atoms with Gasteiger partial charge in [-0.05, 0) is 45.2 Å². The Morgan fingerprint density at radius 2 is 2.19 bits per heavy atom. The van der Waals surface area contributed by atoms with Crippen molar-refractivity contribution >= 4 is 5.97 Å². The van der Waals surface area contributed by atoms with Gasteiger partial charge in [0.15, 0.2) is 0 Å². The van der Waals surface area contributed by atoms with Crippen molar-refractivity contribution < 1.29 is 9.53 Å². The number of rotatable bonds is 3. The molecule has 1 aromatic heterocycles. The molecule has 3 heteroatoms. The van der Waals surface area contributed by atoms with Crippen LogP contribution in [-0.4, -0.2) is 17.6 Å². The second-order valence-electron chi connectivity index (χ2n) is 4.32. The molecule has 0 N–H and O–H groups in total. The number of carbonyl (C=O) groups excluding carboxylic acids is 1. The molecule has 3 nitrogen and oxygen atoms in total. The van der Waals surface area contributed by atoms with Gasteiger partial charge in [-0.15, -0.1) is 0 Å². The molecule has 1 aliphatic carbocycles. The molecule has 1 heterocycles. The van der Waals surface area contributed by atoms with Gasteiger partial charge in [-0.2, -0.15) is 0 Å². The molecule has 86 valence electrons. The van der Waals surface area contributed by atoms with Crippen molar-refractivity contribution in [2.24, 2.45) is 0 Å². The van der Waals surface area contributed by atoms with Crippen LogP contribution in [0.25, 0.3) is 0 Å². The first-order chi connectivity index (χ1) is 7.63. The summed E-state index contributed by atoms with van der Waals surface area (Å²) >= 11 is 0. The zero-order chi connectivity index (χ0) is 11.7. The normalized spacial score (nSPS) is 14.9. The monoisotopic (exact) mass is 219 g/mol. The van der Waals surface area contributed by atoms with Gasteiger partial charge in [-0.3, -0.25) is 4.98 Å². The standard InChI is InChI=1S/C13H17NO2/c1-4-16-13(15)11-7-8(2)9(3)14-12(11)10-5-6-10/h7,10H,4-6H2,1-3H3. The maximum absolute atomic E-state index is 11.8. The van der Waals surface area contributed by atoms with E-state index in [1.807, 2.05) is 26.8 Å². The third-order valence-electron chi connectivity index (χ3n) is 2.96. The minimum atomic E-state index is -0.236. The molecule has 1 aromatic rings. The Morgan fingerprint density at radius 3 is 2.75 bits per heavy atom. The van der Waals surface area contributed by atoms with Crippen molar-refractivity contribution in [3.63, 3.8) is 0 Å². The predicted octanol–water partition coefficient (Wildman–Crippen LogP) is 2.75. The molecule has 0 saturated heterocycles. The van der Waals surface area contributed by atoms with Gasteiger partial charge < -0.3 is 4.74 Å². The van der Waals surface area contributed by atoms with Gasteiger partial charge in [0, 0.05) is 11.6 Å². The SMILES string of the molecule is CCOC(=O)c1cc(C)c(C)nc1C1CC1. The molecule has 1 saturated carbocycles. The summed E-state index contributed by atoms with van der Waals surface area (Å²) in [5.74, 6) is 0.235. The lowest BCUT2D eigenvalue weighted by Crippen LogP contribution is -2.10. The number of carbonyl (C=O) groups is 1. The van der Waals surface area contributed by atoms with Crippen molar-refractivity contribution in [3.05, 3.63) is 28.6 Å². The van der Waals surface area contributed by atoms with Gasteiger partial charge in [-0.1, -0.05) is 0 Å². The highest BCUT2D eigenvalue weighted by Gasteiger charge is 2.30. The molecule has 0 aromatic carbocycles. The van der Waals surface area contributed by atoms with Crippen LogP contribution in [-0.2, 0) is 4.74 Å². The number of aromatic nitrogens is 1. The minimum absolute atomic E-state index is 0.236. The summed E-state index contributed by atoms with van der Waals surface area (Å²) in [6.07, 6.45) is 2.28. The van der Waals surface area contributed by atoms with Crippen LogP contribution >= 0.6 is 0 Å². The molecule has 16 heavy (non-hydrogen) atoms. The predicted molar refractivity (Wildman–Crippen MR) is 61.6 cm³/mol. The van der Waals surface area contributed by atoms with E-state index in [2.05, 4.69) is 4.98 Å². The van der Waals surface area contributed by atoms with Crippen molar-refractivity contribution in [2.75, 3.05) is 6.61 Å². The summed E-state index contributed by atoms with van der Waals surface area (Å²) < 4.78 is 5.06. The van der Waals surface area contributed by atoms with Crippen LogP contribution in [0.15, 0.2) is 6.07 Å². The molecule has 0 bridgehead atoms. The molecule has 2 rings (SSSR count). The van der Waals surface area contributed by atoms with Crippen LogP contribution in [0.3, 0.4) is 0 Å². The van der Waals surface area contributed by atoms with E-state index in [1.165, 1.54) is 0 Å². The lowest BCUT2D eigenvalue weighted by atomic mass is 10.1. The van der Waals surface area contributed by atoms with Gasteiger partial charge in [0.2, 0.25) is 0 Å². The first-order valence-electron chi connectivity index (χ1n) is 5.78. The highest BCUT2D eigenvalue weighted by molar-refractivity contribution is 5.91. The smallest absolute Gasteiger partial charge is 0.339 e. The number of nitrogens with zero attached hydrogens (tertiary/aromatic N) is 1. The maximum atomic E-state index is 11.8. The van der Waals surface area contributed by atoms with E-state index < -0.39 is 0 Å². The van der Waals surface area contributed by atoms with Gasteiger partial charge in [0.05, 0.1) is 17.9 Å². The molecular weight excluding hydrogens is 202 g/mol. The molecule has 0 atom stereocenters. The van der Waals surface area contributed by atoms with E-state index in [9.17, 15) is 4.79 Å². The lowest BCUT2D eigenvalue weighted by molar-refractivity contribution is 0.0524. The second kappa shape index (κ2) is 4.24. The lowest BCUT2D eigenvalue weighted by Gasteiger charge is -2.10. The summed E-state index contributed by atoms with van der Waals surface area (Å²) in [5, 5.41) is 0. The largest absolute Gasteiger partial charge is 0.462 e. The summed E-state index contributed by atoms with van der Waals surface area (Å²) in [5.41, 5.74) is 3.65. The van der Waals surface area contributed by atoms with Crippen molar-refractivity contribution in [3.8, 4) is 0 Å². The van der Waals surface area contributed by atoms with Crippen LogP contribution in [0.2, 0.25) is 0 Å². The second-order valence-corrected chi connectivity index (χ2v) is 4.32. The Kier molecular flexibility index (Phi) is 2.95. The topological polar surface area (TPSA) is 39.2 Å². The van der Waals surface area contributed by atoms with Crippen molar-refractivity contribution in [1.82, 2.24) is 4.98 Å². The summed E-state index contributed by atoms with van der Waals surface area (Å²) in [6, 6.07) is 1.91. The first-order valence-corrected chi connectivity index (χ1v) is 5.78. The Hall–Kier alpha value is -1.38. The fourth-order valence-corrected chi connectivity index (χ4v) is 1.76. The molecule has 1 fully saturated rings. The van der Waals surface area contributed by atoms with Crippen LogP contribution < -0.4 is 0 Å². The Labute approximate surface area is 95.8 Å². The van der Waals surface area contributed by atoms with Gasteiger partial charge in [0.1, 0.15) is 0 Å². The maximum Gasteiger partial charge on any atom is 0.339 e. The first kappa shape index (κ1) is 11.1. The molecular formula is C13H17NO2. The zero-order valence-corrected chi connectivity index (χ0v) is 10.0. The number of hydrogen-bond donors (Lipinski definition) is 0. The Balaban J connectivity index is 2.40. The van der Waals surface area contributed by atoms with E-state index >= 15 is 0 Å². The van der Waals surface area contributed by atoms with E-state index in [0.29, 0.717) is 18.1 Å². The van der Waals surface area contributed by atoms with E-state index in [4.69, 9.17) is 4.74 Å². The van der Waals surface area contributed by atoms with Gasteiger partial charge in [0.25, 0.3) is 0 Å². The fraction of sp³-hybridized carbons (Fsp3) is 0.538. The highest BCUT2D eigenvalue weighted by atomic mass is 16.5. The molecule has 0 unspecified atom stereocenters. The van der Waals surface area contributed by atoms with Gasteiger partial charge >= 0.3 is 5.97 Å². The summed E-state index contributed by atoms with van der Waals surface area (Å²) in [6.45, 7) is 6.19. The number of pyridine rings is 1. The van der Waals surface area contributed by atoms with E-state index in [0.717, 1.165) is 29.8 Å². The molecule has 0 radical (unpaired) electrons. The average molecular weight is 219 g/mol. The van der Waals surface area contributed by atoms with Crippen LogP contribution in [0.5, 0.6) is 0 Å². The van der Waals surface area contributed by atoms with Crippen LogP contribution in [0, 0.1) is 13.8 Å². The molecule has 1 aliphatic rings. The molecule has 0 aliphatic heterocycles. The van der Waals surface area contributed by atoms with Crippen molar-refractivity contribution in [1.29, 1.82) is 0 Å². The third kappa shape index (κ3) is 2.08. The third-order valence-corrected chi connectivity index (χ3v) is 2.96. The van der Waals surface area contributed by atoms with E-state index in [-0.39, 0.29) is 5.97 Å². The Bertz CT molecular complexity index is 422. The average Bonchev–Trinajstić information content (AvgIpc) is 3.05. The summed E-state index contributed by atoms with van der Waals surface area (Å²) in [4.78, 5) is 16.3. The molecule has 0 amide bonds. The highest BCUT2D eigenvalue weighted by Crippen LogP contribution is 2.41. The quantitative estimate of drug-likeness (QED) is 0.734. The fourth-order valence-electron chi connectivity index (χ4n) is 1.76.